The Balaban J connectivity index is 1.61. The van der Waals surface area contributed by atoms with Crippen molar-refractivity contribution in [3.8, 4) is 11.3 Å². The molecule has 7 heteroatoms. The van der Waals surface area contributed by atoms with Gasteiger partial charge in [-0.15, -0.1) is 0 Å². The largest absolute Gasteiger partial charge is 0.396 e. The highest BCUT2D eigenvalue weighted by atomic mass is 32.1. The SMILES string of the molecule is CNC(=O)c1ccc(-c2cn3c(n2)sc2cc(C(=O)CC(C)CCO)ccc23)cc1. The van der Waals surface area contributed by atoms with E-state index >= 15 is 0 Å². The maximum absolute atomic E-state index is 12.5. The van der Waals surface area contributed by atoms with Crippen LogP contribution >= 0.6 is 11.3 Å². The van der Waals surface area contributed by atoms with E-state index in [1.807, 2.05) is 47.9 Å². The first kappa shape index (κ1) is 20.3. The highest BCUT2D eigenvalue weighted by Gasteiger charge is 2.15. The Kier molecular flexibility index (Phi) is 5.65. The molecule has 2 heterocycles. The number of thiazole rings is 1. The number of carbonyl (C=O) groups excluding carboxylic acids is 2. The zero-order chi connectivity index (χ0) is 21.3. The van der Waals surface area contributed by atoms with Crippen LogP contribution in [0.5, 0.6) is 0 Å². The fourth-order valence-electron chi connectivity index (χ4n) is 3.51. The summed E-state index contributed by atoms with van der Waals surface area (Å²) in [6, 6.07) is 13.1. The number of aromatic nitrogens is 2. The van der Waals surface area contributed by atoms with Crippen LogP contribution in [0.25, 0.3) is 26.4 Å². The fourth-order valence-corrected chi connectivity index (χ4v) is 4.55. The van der Waals surface area contributed by atoms with Crippen LogP contribution in [0, 0.1) is 5.92 Å². The van der Waals surface area contributed by atoms with Crippen molar-refractivity contribution in [1.29, 1.82) is 0 Å². The number of imidazole rings is 1. The van der Waals surface area contributed by atoms with Crippen LogP contribution in [0.3, 0.4) is 0 Å². The maximum Gasteiger partial charge on any atom is 0.251 e. The molecule has 2 N–H and O–H groups in total. The van der Waals surface area contributed by atoms with Crippen molar-refractivity contribution in [3.63, 3.8) is 0 Å². The van der Waals surface area contributed by atoms with Gasteiger partial charge in [-0.25, -0.2) is 4.98 Å². The van der Waals surface area contributed by atoms with Crippen LogP contribution in [0.2, 0.25) is 0 Å². The zero-order valence-electron chi connectivity index (χ0n) is 16.9. The summed E-state index contributed by atoms with van der Waals surface area (Å²) in [6.07, 6.45) is 3.05. The third kappa shape index (κ3) is 3.86. The van der Waals surface area contributed by atoms with Crippen molar-refractivity contribution in [3.05, 3.63) is 59.8 Å². The second-order valence-corrected chi connectivity index (χ2v) is 8.47. The van der Waals surface area contributed by atoms with Gasteiger partial charge in [-0.3, -0.25) is 14.0 Å². The number of Topliss-reactive ketones (excluding diaryl/α,β-unsaturated/α-hetero) is 1. The Labute approximate surface area is 178 Å². The van der Waals surface area contributed by atoms with Crippen LogP contribution in [-0.2, 0) is 0 Å². The molecule has 1 amide bonds. The molecule has 6 nitrogen and oxygen atoms in total. The fraction of sp³-hybridized carbons (Fsp3) is 0.261. The Morgan fingerprint density at radius 1 is 1.17 bits per heavy atom. The maximum atomic E-state index is 12.5. The number of nitrogens with one attached hydrogen (secondary N) is 1. The summed E-state index contributed by atoms with van der Waals surface area (Å²) in [7, 11) is 1.61. The Morgan fingerprint density at radius 2 is 1.90 bits per heavy atom. The molecule has 0 fully saturated rings. The van der Waals surface area contributed by atoms with Gasteiger partial charge in [0.2, 0.25) is 0 Å². The van der Waals surface area contributed by atoms with Crippen molar-refractivity contribution >= 4 is 38.2 Å². The molecule has 154 valence electrons. The summed E-state index contributed by atoms with van der Waals surface area (Å²) in [5.41, 5.74) is 4.09. The number of hydrogen-bond acceptors (Lipinski definition) is 5. The van der Waals surface area contributed by atoms with Gasteiger partial charge in [0.15, 0.2) is 10.7 Å². The first-order chi connectivity index (χ1) is 14.5. The lowest BCUT2D eigenvalue weighted by molar-refractivity contribution is 0.0952. The molecule has 2 aromatic carbocycles. The lowest BCUT2D eigenvalue weighted by Gasteiger charge is -2.08. The van der Waals surface area contributed by atoms with E-state index in [1.54, 1.807) is 30.5 Å². The Morgan fingerprint density at radius 3 is 2.60 bits per heavy atom. The van der Waals surface area contributed by atoms with Gasteiger partial charge in [-0.2, -0.15) is 0 Å². The molecule has 1 atom stereocenters. The molecule has 0 bridgehead atoms. The molecular formula is C23H23N3O3S. The molecule has 4 rings (SSSR count). The van der Waals surface area contributed by atoms with E-state index < -0.39 is 0 Å². The van der Waals surface area contributed by atoms with Gasteiger partial charge in [-0.05, 0) is 42.7 Å². The second-order valence-electron chi connectivity index (χ2n) is 7.46. The van der Waals surface area contributed by atoms with Gasteiger partial charge in [0, 0.05) is 43.0 Å². The third-order valence-corrected chi connectivity index (χ3v) is 6.26. The van der Waals surface area contributed by atoms with Crippen LogP contribution in [0.4, 0.5) is 0 Å². The average Bonchev–Trinajstić information content (AvgIpc) is 3.31. The van der Waals surface area contributed by atoms with E-state index in [1.165, 1.54) is 0 Å². The number of carbonyl (C=O) groups is 2. The minimum absolute atomic E-state index is 0.0979. The van der Waals surface area contributed by atoms with E-state index in [-0.39, 0.29) is 24.2 Å². The smallest absolute Gasteiger partial charge is 0.251 e. The first-order valence-corrected chi connectivity index (χ1v) is 10.7. The molecule has 0 aliphatic heterocycles. The summed E-state index contributed by atoms with van der Waals surface area (Å²) in [6.45, 7) is 2.08. The lowest BCUT2D eigenvalue weighted by atomic mass is 9.97. The van der Waals surface area contributed by atoms with Crippen molar-refractivity contribution in [2.24, 2.45) is 5.92 Å². The van der Waals surface area contributed by atoms with Gasteiger partial charge < -0.3 is 10.4 Å². The number of rotatable bonds is 7. The monoisotopic (exact) mass is 421 g/mol. The molecule has 0 aliphatic carbocycles. The minimum Gasteiger partial charge on any atom is -0.396 e. The third-order valence-electron chi connectivity index (χ3n) is 5.24. The van der Waals surface area contributed by atoms with Crippen molar-refractivity contribution < 1.29 is 14.7 Å². The number of aliphatic hydroxyl groups excluding tert-OH is 1. The molecule has 30 heavy (non-hydrogen) atoms. The number of fused-ring (bicyclic) bond motifs is 3. The van der Waals surface area contributed by atoms with Crippen molar-refractivity contribution in [2.75, 3.05) is 13.7 Å². The Hall–Kier alpha value is -3.03. The lowest BCUT2D eigenvalue weighted by Crippen LogP contribution is -2.17. The van der Waals surface area contributed by atoms with Gasteiger partial charge in [0.25, 0.3) is 5.91 Å². The predicted molar refractivity (Wildman–Crippen MR) is 119 cm³/mol. The standard InChI is InChI=1S/C23H23N3O3S/c1-14(9-10-27)11-20(28)17-7-8-19-21(12-17)30-23-25-18(13-26(19)23)15-3-5-16(6-4-15)22(29)24-2/h3-8,12-14,27H,9-11H2,1-2H3,(H,24,29). The highest BCUT2D eigenvalue weighted by molar-refractivity contribution is 7.23. The quantitative estimate of drug-likeness (QED) is 0.439. The molecule has 4 aromatic rings. The average molecular weight is 422 g/mol. The van der Waals surface area contributed by atoms with E-state index in [0.29, 0.717) is 24.0 Å². The molecule has 0 radical (unpaired) electrons. The Bertz CT molecular complexity index is 1220. The van der Waals surface area contributed by atoms with E-state index in [0.717, 1.165) is 26.4 Å². The van der Waals surface area contributed by atoms with E-state index in [4.69, 9.17) is 10.1 Å². The molecule has 1 unspecified atom stereocenters. The van der Waals surface area contributed by atoms with E-state index in [9.17, 15) is 9.59 Å². The minimum atomic E-state index is -0.116. The van der Waals surface area contributed by atoms with E-state index in [2.05, 4.69) is 5.32 Å². The zero-order valence-corrected chi connectivity index (χ0v) is 17.7. The molecule has 0 saturated heterocycles. The number of ketones is 1. The number of benzene rings is 2. The van der Waals surface area contributed by atoms with Crippen molar-refractivity contribution in [2.45, 2.75) is 19.8 Å². The summed E-state index contributed by atoms with van der Waals surface area (Å²) >= 11 is 1.55. The normalized spacial score (nSPS) is 12.4. The summed E-state index contributed by atoms with van der Waals surface area (Å²) < 4.78 is 3.05. The summed E-state index contributed by atoms with van der Waals surface area (Å²) in [5.74, 6) is 0.145. The van der Waals surface area contributed by atoms with Gasteiger partial charge in [-0.1, -0.05) is 30.4 Å². The highest BCUT2D eigenvalue weighted by Crippen LogP contribution is 2.30. The number of aliphatic hydroxyl groups is 1. The molecule has 0 saturated carbocycles. The van der Waals surface area contributed by atoms with Crippen LogP contribution < -0.4 is 5.32 Å². The number of amides is 1. The second kappa shape index (κ2) is 8.38. The van der Waals surface area contributed by atoms with Gasteiger partial charge in [0.1, 0.15) is 0 Å². The number of nitrogens with zero attached hydrogens (tertiary/aromatic N) is 2. The van der Waals surface area contributed by atoms with Crippen LogP contribution in [0.1, 0.15) is 40.5 Å². The summed E-state index contributed by atoms with van der Waals surface area (Å²) in [5, 5.41) is 11.7. The van der Waals surface area contributed by atoms with Gasteiger partial charge in [0.05, 0.1) is 15.9 Å². The topological polar surface area (TPSA) is 83.7 Å². The predicted octanol–water partition coefficient (Wildman–Crippen LogP) is 4.17. The van der Waals surface area contributed by atoms with Gasteiger partial charge >= 0.3 is 0 Å². The van der Waals surface area contributed by atoms with Crippen LogP contribution in [-0.4, -0.2) is 39.8 Å². The molecule has 0 aliphatic rings. The molecule has 0 spiro atoms. The van der Waals surface area contributed by atoms with Crippen molar-refractivity contribution in [1.82, 2.24) is 14.7 Å². The molecule has 2 aromatic heterocycles. The number of hydrogen-bond donors (Lipinski definition) is 2. The summed E-state index contributed by atoms with van der Waals surface area (Å²) in [4.78, 5) is 29.8. The van der Waals surface area contributed by atoms with Crippen LogP contribution in [0.15, 0.2) is 48.7 Å². The molecular weight excluding hydrogens is 398 g/mol. The first-order valence-electron chi connectivity index (χ1n) is 9.88.